The fraction of sp³-hybridized carbons (Fsp3) is 0.167. The summed E-state index contributed by atoms with van der Waals surface area (Å²) >= 11 is 0. The second-order valence-corrected chi connectivity index (χ2v) is 12.5. The van der Waals surface area contributed by atoms with Gasteiger partial charge in [0.15, 0.2) is 6.17 Å². The molecule has 222 valence electrons. The van der Waals surface area contributed by atoms with Crippen molar-refractivity contribution in [3.63, 3.8) is 0 Å². The number of hydrogen-bond acceptors (Lipinski definition) is 4. The molecule has 2 unspecified atom stereocenters. The van der Waals surface area contributed by atoms with Gasteiger partial charge in [0.25, 0.3) is 0 Å². The largest absolute Gasteiger partial charge is 0.325 e. The van der Waals surface area contributed by atoms with Gasteiger partial charge in [-0.25, -0.2) is 9.98 Å². The van der Waals surface area contributed by atoms with E-state index in [4.69, 9.17) is 9.98 Å². The van der Waals surface area contributed by atoms with Gasteiger partial charge in [0.05, 0.1) is 11.6 Å². The second-order valence-electron chi connectivity index (χ2n) is 12.5. The number of nitrogens with one attached hydrogen (secondary N) is 1. The molecule has 3 aliphatic carbocycles. The smallest absolute Gasteiger partial charge is 0.169 e. The van der Waals surface area contributed by atoms with Crippen LogP contribution in [-0.2, 0) is 6.42 Å². The van der Waals surface area contributed by atoms with Crippen molar-refractivity contribution >= 4 is 11.7 Å². The molecular formula is C42H34N4. The number of aliphatic imine (C=N–C) groups is 2. The highest BCUT2D eigenvalue weighted by molar-refractivity contribution is 6.16. The lowest BCUT2D eigenvalue weighted by atomic mass is 9.91. The Hall–Kier alpha value is -5.53. The second kappa shape index (κ2) is 11.8. The fourth-order valence-electron chi connectivity index (χ4n) is 6.93. The lowest BCUT2D eigenvalue weighted by molar-refractivity contribution is 0.708. The molecule has 0 spiro atoms. The highest BCUT2D eigenvalue weighted by atomic mass is 15.2. The minimum Gasteiger partial charge on any atom is -0.325 e. The molecule has 1 aliphatic heterocycles. The number of nitriles is 1. The predicted octanol–water partition coefficient (Wildman–Crippen LogP) is 9.34. The molecule has 1 heterocycles. The van der Waals surface area contributed by atoms with Crippen LogP contribution in [-0.4, -0.2) is 17.8 Å². The van der Waals surface area contributed by atoms with E-state index in [0.717, 1.165) is 65.2 Å². The standard InChI is InChI=1S/C42H34N4/c1-27-17-19-30(20-18-27)41-44-40(29-9-3-2-4-10-29)45-42(46-41)33-13-7-12-31(23-33)34-21-28(26-43)22-35(24-34)37-15-8-16-38-36-14-6-5-11-32(36)25-39(37)38/h2-3,5-9,11-17,19-24,27,41H,4,10,18,25H2,1H3,(H,44,45,46). The van der Waals surface area contributed by atoms with Crippen LogP contribution >= 0.6 is 0 Å². The van der Waals surface area contributed by atoms with E-state index in [1.165, 1.54) is 33.4 Å². The van der Waals surface area contributed by atoms with Crippen LogP contribution in [0.2, 0.25) is 0 Å². The first kappa shape index (κ1) is 28.0. The average Bonchev–Trinajstić information content (AvgIpc) is 3.51. The number of hydrogen-bond donors (Lipinski definition) is 1. The predicted molar refractivity (Wildman–Crippen MR) is 189 cm³/mol. The number of amidine groups is 2. The molecule has 4 aromatic carbocycles. The van der Waals surface area contributed by atoms with Crippen LogP contribution in [0.25, 0.3) is 33.4 Å². The van der Waals surface area contributed by atoms with E-state index in [2.05, 4.69) is 128 Å². The van der Waals surface area contributed by atoms with Crippen molar-refractivity contribution in [1.29, 1.82) is 5.26 Å². The van der Waals surface area contributed by atoms with Gasteiger partial charge < -0.3 is 5.32 Å². The summed E-state index contributed by atoms with van der Waals surface area (Å²) in [4.78, 5) is 10.2. The zero-order valence-corrected chi connectivity index (χ0v) is 25.9. The van der Waals surface area contributed by atoms with Crippen LogP contribution in [0.5, 0.6) is 0 Å². The van der Waals surface area contributed by atoms with Gasteiger partial charge in [-0.05, 0) is 112 Å². The third kappa shape index (κ3) is 5.25. The Balaban J connectivity index is 1.18. The maximum Gasteiger partial charge on any atom is 0.169 e. The molecule has 4 aliphatic rings. The summed E-state index contributed by atoms with van der Waals surface area (Å²) in [6.07, 6.45) is 16.8. The van der Waals surface area contributed by atoms with E-state index in [9.17, 15) is 5.26 Å². The van der Waals surface area contributed by atoms with Crippen molar-refractivity contribution < 1.29 is 0 Å². The zero-order valence-electron chi connectivity index (χ0n) is 25.9. The van der Waals surface area contributed by atoms with Gasteiger partial charge in [0.1, 0.15) is 11.7 Å². The van der Waals surface area contributed by atoms with Crippen molar-refractivity contribution in [2.75, 3.05) is 0 Å². The Bertz CT molecular complexity index is 2110. The Morgan fingerprint density at radius 3 is 2.43 bits per heavy atom. The minimum absolute atomic E-state index is 0.289. The van der Waals surface area contributed by atoms with Crippen LogP contribution in [0.15, 0.2) is 143 Å². The lowest BCUT2D eigenvalue weighted by Crippen LogP contribution is -2.38. The van der Waals surface area contributed by atoms with Gasteiger partial charge in [0, 0.05) is 5.56 Å². The summed E-state index contributed by atoms with van der Waals surface area (Å²) < 4.78 is 0. The van der Waals surface area contributed by atoms with Crippen molar-refractivity contribution in [2.45, 2.75) is 38.8 Å². The van der Waals surface area contributed by atoms with E-state index in [1.54, 1.807) is 0 Å². The molecule has 0 bridgehead atoms. The molecule has 4 heteroatoms. The van der Waals surface area contributed by atoms with Crippen LogP contribution in [0.3, 0.4) is 0 Å². The summed E-state index contributed by atoms with van der Waals surface area (Å²) in [6.45, 7) is 2.23. The van der Waals surface area contributed by atoms with Crippen LogP contribution in [0.4, 0.5) is 0 Å². The van der Waals surface area contributed by atoms with Crippen molar-refractivity contribution in [1.82, 2.24) is 5.32 Å². The Kier molecular flexibility index (Phi) is 7.15. The van der Waals surface area contributed by atoms with Gasteiger partial charge in [-0.2, -0.15) is 5.26 Å². The Morgan fingerprint density at radius 2 is 1.59 bits per heavy atom. The van der Waals surface area contributed by atoms with E-state index in [1.807, 2.05) is 12.1 Å². The van der Waals surface area contributed by atoms with Crippen LogP contribution in [0.1, 0.15) is 48.4 Å². The number of fused-ring (bicyclic) bond motifs is 3. The molecule has 0 saturated heterocycles. The maximum absolute atomic E-state index is 10.1. The number of benzene rings is 4. The normalized spacial score (nSPS) is 19.6. The maximum atomic E-state index is 10.1. The summed E-state index contributed by atoms with van der Waals surface area (Å²) in [5.41, 5.74) is 13.6. The molecule has 4 aromatic rings. The summed E-state index contributed by atoms with van der Waals surface area (Å²) in [5.74, 6) is 2.24. The van der Waals surface area contributed by atoms with Gasteiger partial charge >= 0.3 is 0 Å². The van der Waals surface area contributed by atoms with E-state index < -0.39 is 0 Å². The molecule has 46 heavy (non-hydrogen) atoms. The molecule has 0 saturated carbocycles. The lowest BCUT2D eigenvalue weighted by Gasteiger charge is -2.25. The van der Waals surface area contributed by atoms with Gasteiger partial charge in [-0.1, -0.05) is 104 Å². The van der Waals surface area contributed by atoms with Crippen LogP contribution in [0, 0.1) is 17.2 Å². The molecule has 0 fully saturated rings. The molecule has 4 nitrogen and oxygen atoms in total. The third-order valence-corrected chi connectivity index (χ3v) is 9.39. The van der Waals surface area contributed by atoms with E-state index >= 15 is 0 Å². The Morgan fingerprint density at radius 1 is 0.804 bits per heavy atom. The topological polar surface area (TPSA) is 60.5 Å². The highest BCUT2D eigenvalue weighted by Gasteiger charge is 2.24. The molecule has 0 amide bonds. The average molecular weight is 595 g/mol. The molecule has 2 atom stereocenters. The van der Waals surface area contributed by atoms with Crippen molar-refractivity contribution in [3.05, 3.63) is 155 Å². The summed E-state index contributed by atoms with van der Waals surface area (Å²) in [6, 6.07) is 32.3. The van der Waals surface area contributed by atoms with E-state index in [-0.39, 0.29) is 6.17 Å². The SMILES string of the molecule is CC1C=CC(C2N=C(C3=CC=CCC3)NC(c3cccc(-c4cc(C#N)cc(-c5cccc6c5Cc5ccccc5-6)c4)c3)=N2)=CC1. The first-order valence-corrected chi connectivity index (χ1v) is 16.2. The third-order valence-electron chi connectivity index (χ3n) is 9.39. The first-order chi connectivity index (χ1) is 22.6. The minimum atomic E-state index is -0.289. The number of rotatable bonds is 5. The van der Waals surface area contributed by atoms with Crippen molar-refractivity contribution in [3.8, 4) is 39.4 Å². The molecule has 0 radical (unpaired) electrons. The summed E-state index contributed by atoms with van der Waals surface area (Å²) in [7, 11) is 0. The van der Waals surface area contributed by atoms with E-state index in [0.29, 0.717) is 11.5 Å². The number of nitrogens with zero attached hydrogens (tertiary/aromatic N) is 3. The molecular weight excluding hydrogens is 560 g/mol. The zero-order chi connectivity index (χ0) is 31.0. The quantitative estimate of drug-likeness (QED) is 0.220. The van der Waals surface area contributed by atoms with Gasteiger partial charge in [-0.15, -0.1) is 0 Å². The number of allylic oxidation sites excluding steroid dienone is 5. The van der Waals surface area contributed by atoms with Crippen LogP contribution < -0.4 is 5.32 Å². The van der Waals surface area contributed by atoms with Gasteiger partial charge in [-0.3, -0.25) is 0 Å². The molecule has 0 aromatic heterocycles. The Labute approximate surface area is 270 Å². The fourth-order valence-corrected chi connectivity index (χ4v) is 6.93. The van der Waals surface area contributed by atoms with Crippen molar-refractivity contribution in [2.24, 2.45) is 15.9 Å². The molecule has 1 N–H and O–H groups in total. The first-order valence-electron chi connectivity index (χ1n) is 16.2. The highest BCUT2D eigenvalue weighted by Crippen LogP contribution is 2.42. The summed E-state index contributed by atoms with van der Waals surface area (Å²) in [5, 5.41) is 13.7. The molecule has 8 rings (SSSR count). The monoisotopic (exact) mass is 594 g/mol. The van der Waals surface area contributed by atoms with Gasteiger partial charge in [0.2, 0.25) is 0 Å².